The van der Waals surface area contributed by atoms with Gasteiger partial charge in [-0.3, -0.25) is 0 Å². The molecule has 0 saturated heterocycles. The Labute approximate surface area is 211 Å². The normalized spacial score (nSPS) is 11.1. The van der Waals surface area contributed by atoms with Crippen molar-refractivity contribution in [2.24, 2.45) is 0 Å². The SMILES string of the molecule is COc1ccc(Cn2c(C(=O)O)c(CNCc3ccc(OC(C)C)cc3)c3ccc(OC)cc32)cc1. The lowest BCUT2D eigenvalue weighted by atomic mass is 10.1. The molecule has 0 unspecified atom stereocenters. The third kappa shape index (κ3) is 5.63. The molecule has 2 N–H and O–H groups in total. The highest BCUT2D eigenvalue weighted by molar-refractivity contribution is 5.98. The van der Waals surface area contributed by atoms with Crippen LogP contribution in [-0.4, -0.2) is 36.0 Å². The first-order chi connectivity index (χ1) is 17.4. The van der Waals surface area contributed by atoms with Crippen LogP contribution in [0.1, 0.15) is 41.0 Å². The molecule has 0 radical (unpaired) electrons. The van der Waals surface area contributed by atoms with Crippen LogP contribution in [0.4, 0.5) is 0 Å². The Morgan fingerprint density at radius 1 is 0.861 bits per heavy atom. The van der Waals surface area contributed by atoms with Crippen LogP contribution in [0.25, 0.3) is 10.9 Å². The van der Waals surface area contributed by atoms with E-state index >= 15 is 0 Å². The van der Waals surface area contributed by atoms with Crippen molar-refractivity contribution in [1.29, 1.82) is 0 Å². The number of hydrogen-bond donors (Lipinski definition) is 2. The number of carbonyl (C=O) groups is 1. The Balaban J connectivity index is 1.63. The summed E-state index contributed by atoms with van der Waals surface area (Å²) in [6.45, 7) is 5.41. The summed E-state index contributed by atoms with van der Waals surface area (Å²) in [4.78, 5) is 12.5. The van der Waals surface area contributed by atoms with Crippen LogP contribution in [-0.2, 0) is 19.6 Å². The predicted molar refractivity (Wildman–Crippen MR) is 140 cm³/mol. The molecule has 3 aromatic carbocycles. The second-order valence-corrected chi connectivity index (χ2v) is 8.86. The molecule has 0 amide bonds. The van der Waals surface area contributed by atoms with Crippen molar-refractivity contribution in [2.45, 2.75) is 39.6 Å². The monoisotopic (exact) mass is 488 g/mol. The molecule has 36 heavy (non-hydrogen) atoms. The van der Waals surface area contributed by atoms with Crippen LogP contribution in [0.5, 0.6) is 17.2 Å². The van der Waals surface area contributed by atoms with E-state index in [-0.39, 0.29) is 11.8 Å². The van der Waals surface area contributed by atoms with Gasteiger partial charge in [-0.25, -0.2) is 4.79 Å². The van der Waals surface area contributed by atoms with Gasteiger partial charge in [0.2, 0.25) is 0 Å². The molecule has 0 saturated carbocycles. The molecule has 1 aromatic heterocycles. The van der Waals surface area contributed by atoms with Crippen LogP contribution >= 0.6 is 0 Å². The lowest BCUT2D eigenvalue weighted by Gasteiger charge is -2.11. The second kappa shape index (κ2) is 11.2. The fraction of sp³-hybridized carbons (Fsp3) is 0.276. The molecular formula is C29H32N2O5. The van der Waals surface area contributed by atoms with Gasteiger partial charge < -0.3 is 29.2 Å². The van der Waals surface area contributed by atoms with E-state index in [1.165, 1.54) is 0 Å². The van der Waals surface area contributed by atoms with E-state index in [0.29, 0.717) is 25.4 Å². The molecule has 4 rings (SSSR count). The number of aromatic carboxylic acids is 1. The first-order valence-corrected chi connectivity index (χ1v) is 11.9. The number of aromatic nitrogens is 1. The molecule has 188 valence electrons. The Kier molecular flexibility index (Phi) is 7.80. The topological polar surface area (TPSA) is 82.0 Å². The summed E-state index contributed by atoms with van der Waals surface area (Å²) in [5.74, 6) is 1.30. The van der Waals surface area contributed by atoms with Gasteiger partial charge >= 0.3 is 5.97 Å². The molecule has 0 bridgehead atoms. The Bertz CT molecular complexity index is 1320. The van der Waals surface area contributed by atoms with Crippen molar-refractivity contribution < 1.29 is 24.1 Å². The van der Waals surface area contributed by atoms with E-state index in [1.807, 2.05) is 85.1 Å². The van der Waals surface area contributed by atoms with Crippen LogP contribution < -0.4 is 19.5 Å². The predicted octanol–water partition coefficient (Wildman–Crippen LogP) is 5.48. The number of carboxylic acid groups (broad SMARTS) is 1. The maximum absolute atomic E-state index is 12.5. The lowest BCUT2D eigenvalue weighted by molar-refractivity contribution is 0.0684. The zero-order chi connectivity index (χ0) is 25.7. The molecule has 0 aliphatic heterocycles. The van der Waals surface area contributed by atoms with E-state index in [2.05, 4.69) is 5.32 Å². The largest absolute Gasteiger partial charge is 0.497 e. The minimum Gasteiger partial charge on any atom is -0.497 e. The first kappa shape index (κ1) is 25.1. The third-order valence-corrected chi connectivity index (χ3v) is 6.00. The van der Waals surface area contributed by atoms with Crippen molar-refractivity contribution >= 4 is 16.9 Å². The number of nitrogens with one attached hydrogen (secondary N) is 1. The van der Waals surface area contributed by atoms with Crippen LogP contribution in [0.3, 0.4) is 0 Å². The standard InChI is InChI=1S/C29H32N2O5/c1-19(2)36-23-11-5-20(6-12-23)16-30-17-26-25-14-13-24(35-4)15-27(25)31(28(26)29(32)33)18-21-7-9-22(34-3)10-8-21/h5-15,19,30H,16-18H2,1-4H3,(H,32,33). The van der Waals surface area contributed by atoms with Gasteiger partial charge in [0.25, 0.3) is 0 Å². The minimum atomic E-state index is -0.967. The average Bonchev–Trinajstić information content (AvgIpc) is 3.17. The van der Waals surface area contributed by atoms with Crippen LogP contribution in [0.15, 0.2) is 66.7 Å². The summed E-state index contributed by atoms with van der Waals surface area (Å²) >= 11 is 0. The zero-order valence-corrected chi connectivity index (χ0v) is 21.1. The number of fused-ring (bicyclic) bond motifs is 1. The third-order valence-electron chi connectivity index (χ3n) is 6.00. The highest BCUT2D eigenvalue weighted by Crippen LogP contribution is 2.31. The summed E-state index contributed by atoms with van der Waals surface area (Å²) < 4.78 is 18.2. The molecule has 0 aliphatic carbocycles. The average molecular weight is 489 g/mol. The zero-order valence-electron chi connectivity index (χ0n) is 21.1. The quantitative estimate of drug-likeness (QED) is 0.291. The Morgan fingerprint density at radius 3 is 2.08 bits per heavy atom. The first-order valence-electron chi connectivity index (χ1n) is 11.9. The maximum Gasteiger partial charge on any atom is 0.352 e. The maximum atomic E-state index is 12.5. The number of rotatable bonds is 11. The fourth-order valence-electron chi connectivity index (χ4n) is 4.32. The van der Waals surface area contributed by atoms with Gasteiger partial charge in [-0.15, -0.1) is 0 Å². The summed E-state index contributed by atoms with van der Waals surface area (Å²) in [6, 6.07) is 21.3. The molecule has 1 heterocycles. The van der Waals surface area contributed by atoms with Gasteiger partial charge in [-0.1, -0.05) is 24.3 Å². The Morgan fingerprint density at radius 2 is 1.47 bits per heavy atom. The van der Waals surface area contributed by atoms with Crippen molar-refractivity contribution in [3.05, 3.63) is 89.1 Å². The number of methoxy groups -OCH3 is 2. The minimum absolute atomic E-state index is 0.122. The number of benzene rings is 3. The second-order valence-electron chi connectivity index (χ2n) is 8.86. The van der Waals surface area contributed by atoms with E-state index in [4.69, 9.17) is 14.2 Å². The summed E-state index contributed by atoms with van der Waals surface area (Å²) in [7, 11) is 3.23. The van der Waals surface area contributed by atoms with Crippen molar-refractivity contribution in [1.82, 2.24) is 9.88 Å². The number of ether oxygens (including phenoxy) is 3. The van der Waals surface area contributed by atoms with Crippen molar-refractivity contribution in [2.75, 3.05) is 14.2 Å². The molecule has 0 spiro atoms. The van der Waals surface area contributed by atoms with Gasteiger partial charge in [-0.05, 0) is 61.4 Å². The lowest BCUT2D eigenvalue weighted by Crippen LogP contribution is -2.17. The van der Waals surface area contributed by atoms with Crippen LogP contribution in [0, 0.1) is 0 Å². The fourth-order valence-corrected chi connectivity index (χ4v) is 4.32. The molecule has 0 aliphatic rings. The molecule has 0 fully saturated rings. The molecule has 4 aromatic rings. The number of carboxylic acids is 1. The summed E-state index contributed by atoms with van der Waals surface area (Å²) in [5, 5.41) is 14.5. The highest BCUT2D eigenvalue weighted by Gasteiger charge is 2.23. The number of hydrogen-bond acceptors (Lipinski definition) is 5. The van der Waals surface area contributed by atoms with Gasteiger partial charge in [0.05, 0.1) is 25.8 Å². The van der Waals surface area contributed by atoms with E-state index in [1.54, 1.807) is 14.2 Å². The van der Waals surface area contributed by atoms with Gasteiger partial charge in [-0.2, -0.15) is 0 Å². The molecular weight excluding hydrogens is 456 g/mol. The summed E-state index contributed by atoms with van der Waals surface area (Å²) in [6.07, 6.45) is 0.122. The Hall–Kier alpha value is -3.97. The highest BCUT2D eigenvalue weighted by atomic mass is 16.5. The van der Waals surface area contributed by atoms with Crippen molar-refractivity contribution in [3.63, 3.8) is 0 Å². The molecule has 7 nitrogen and oxygen atoms in total. The van der Waals surface area contributed by atoms with Gasteiger partial charge in [0, 0.05) is 36.7 Å². The molecule has 0 atom stereocenters. The van der Waals surface area contributed by atoms with E-state index in [0.717, 1.165) is 39.1 Å². The number of nitrogens with zero attached hydrogens (tertiary/aromatic N) is 1. The van der Waals surface area contributed by atoms with E-state index in [9.17, 15) is 9.90 Å². The van der Waals surface area contributed by atoms with Crippen molar-refractivity contribution in [3.8, 4) is 17.2 Å². The smallest absolute Gasteiger partial charge is 0.352 e. The van der Waals surface area contributed by atoms with Gasteiger partial charge in [0.15, 0.2) is 0 Å². The van der Waals surface area contributed by atoms with Gasteiger partial charge in [0.1, 0.15) is 22.9 Å². The van der Waals surface area contributed by atoms with Crippen LogP contribution in [0.2, 0.25) is 0 Å². The molecule has 7 heteroatoms. The summed E-state index contributed by atoms with van der Waals surface area (Å²) in [5.41, 5.74) is 3.89. The van der Waals surface area contributed by atoms with E-state index < -0.39 is 5.97 Å².